The molecule has 94 valence electrons. The van der Waals surface area contributed by atoms with E-state index in [0.717, 1.165) is 17.7 Å². The Morgan fingerprint density at radius 2 is 2.18 bits per heavy atom. The zero-order valence-corrected chi connectivity index (χ0v) is 11.8. The molecule has 0 saturated carbocycles. The average molecular weight is 294 g/mol. The van der Waals surface area contributed by atoms with E-state index in [1.54, 1.807) is 0 Å². The quantitative estimate of drug-likeness (QED) is 0.835. The molecular formula is C12H14Cl2FNS. The van der Waals surface area contributed by atoms with Crippen molar-refractivity contribution in [2.24, 2.45) is 0 Å². The Labute approximate surface area is 115 Å². The van der Waals surface area contributed by atoms with Gasteiger partial charge in [-0.05, 0) is 36.8 Å². The third-order valence-corrected chi connectivity index (χ3v) is 4.70. The number of hydrogen-bond acceptors (Lipinski definition) is 2. The van der Waals surface area contributed by atoms with E-state index in [2.05, 4.69) is 5.32 Å². The van der Waals surface area contributed by atoms with Crippen molar-refractivity contribution in [3.63, 3.8) is 0 Å². The van der Waals surface area contributed by atoms with Gasteiger partial charge in [0.1, 0.15) is 5.82 Å². The maximum Gasteiger partial charge on any atom is 0.142 e. The molecule has 5 heteroatoms. The summed E-state index contributed by atoms with van der Waals surface area (Å²) in [5.41, 5.74) is 0.769. The monoisotopic (exact) mass is 293 g/mol. The summed E-state index contributed by atoms with van der Waals surface area (Å²) in [6, 6.07) is 3.42. The van der Waals surface area contributed by atoms with Crippen molar-refractivity contribution in [3.05, 3.63) is 33.6 Å². The van der Waals surface area contributed by atoms with E-state index in [9.17, 15) is 4.39 Å². The van der Waals surface area contributed by atoms with E-state index in [0.29, 0.717) is 11.1 Å². The molecule has 2 rings (SSSR count). The summed E-state index contributed by atoms with van der Waals surface area (Å²) in [7, 11) is 0. The molecule has 1 aliphatic rings. The molecule has 2 atom stereocenters. The van der Waals surface area contributed by atoms with Crippen molar-refractivity contribution in [1.82, 2.24) is 5.32 Å². The number of nitrogens with one attached hydrogen (secondary N) is 1. The van der Waals surface area contributed by atoms with Gasteiger partial charge in [0.25, 0.3) is 0 Å². The highest BCUT2D eigenvalue weighted by atomic mass is 35.5. The van der Waals surface area contributed by atoms with Crippen molar-refractivity contribution >= 4 is 35.0 Å². The minimum atomic E-state index is -0.416. The van der Waals surface area contributed by atoms with Gasteiger partial charge in [0.05, 0.1) is 5.02 Å². The van der Waals surface area contributed by atoms with Crippen LogP contribution in [0.2, 0.25) is 10.0 Å². The van der Waals surface area contributed by atoms with Crippen LogP contribution < -0.4 is 5.32 Å². The first-order chi connectivity index (χ1) is 8.08. The summed E-state index contributed by atoms with van der Waals surface area (Å²) in [4.78, 5) is 0. The first-order valence-corrected chi connectivity index (χ1v) is 7.47. The van der Waals surface area contributed by atoms with Gasteiger partial charge in [-0.2, -0.15) is 11.8 Å². The van der Waals surface area contributed by atoms with Crippen LogP contribution in [-0.4, -0.2) is 17.5 Å². The molecule has 1 aliphatic heterocycles. The Kier molecular flexibility index (Phi) is 4.59. The second-order valence-corrected chi connectivity index (χ2v) is 6.20. The van der Waals surface area contributed by atoms with Crippen LogP contribution in [0.25, 0.3) is 0 Å². The van der Waals surface area contributed by atoms with Gasteiger partial charge in [-0.15, -0.1) is 0 Å². The lowest BCUT2D eigenvalue weighted by atomic mass is 10.1. The summed E-state index contributed by atoms with van der Waals surface area (Å²) in [6.07, 6.45) is 1.16. The maximum atomic E-state index is 13.4. The Bertz CT molecular complexity index is 408. The van der Waals surface area contributed by atoms with Crippen LogP contribution in [0.15, 0.2) is 12.1 Å². The third kappa shape index (κ3) is 3.28. The molecule has 1 nitrogen and oxygen atoms in total. The predicted octanol–water partition coefficient (Wildman–Crippen LogP) is 4.29. The SMILES string of the molecule is CC(NC1CCSC1)c1cc(F)c(Cl)cc1Cl. The van der Waals surface area contributed by atoms with Gasteiger partial charge in [-0.3, -0.25) is 0 Å². The fourth-order valence-electron chi connectivity index (χ4n) is 1.98. The standard InChI is InChI=1S/C12H14Cl2FNS/c1-7(16-8-2-3-17-6-8)9-4-12(15)11(14)5-10(9)13/h4-5,7-8,16H,2-3,6H2,1H3. The van der Waals surface area contributed by atoms with E-state index < -0.39 is 5.82 Å². The molecule has 1 fully saturated rings. The molecule has 0 radical (unpaired) electrons. The van der Waals surface area contributed by atoms with Gasteiger partial charge in [-0.1, -0.05) is 23.2 Å². The molecule has 0 bridgehead atoms. The fourth-order valence-corrected chi connectivity index (χ4v) is 3.69. The van der Waals surface area contributed by atoms with Crippen LogP contribution in [-0.2, 0) is 0 Å². The minimum absolute atomic E-state index is 0.0398. The van der Waals surface area contributed by atoms with E-state index in [1.165, 1.54) is 17.9 Å². The zero-order valence-electron chi connectivity index (χ0n) is 9.47. The van der Waals surface area contributed by atoms with E-state index in [-0.39, 0.29) is 11.1 Å². The third-order valence-electron chi connectivity index (χ3n) is 2.92. The smallest absolute Gasteiger partial charge is 0.142 e. The van der Waals surface area contributed by atoms with E-state index >= 15 is 0 Å². The van der Waals surface area contributed by atoms with Crippen molar-refractivity contribution < 1.29 is 4.39 Å². The van der Waals surface area contributed by atoms with Crippen molar-refractivity contribution in [1.29, 1.82) is 0 Å². The van der Waals surface area contributed by atoms with Gasteiger partial charge < -0.3 is 5.32 Å². The van der Waals surface area contributed by atoms with Crippen LogP contribution in [0.3, 0.4) is 0 Å². The first-order valence-electron chi connectivity index (χ1n) is 5.56. The lowest BCUT2D eigenvalue weighted by Gasteiger charge is -2.20. The minimum Gasteiger partial charge on any atom is -0.307 e. The number of benzene rings is 1. The lowest BCUT2D eigenvalue weighted by molar-refractivity contribution is 0.484. The normalized spacial score (nSPS) is 21.8. The van der Waals surface area contributed by atoms with E-state index in [1.807, 2.05) is 18.7 Å². The summed E-state index contributed by atoms with van der Waals surface area (Å²) in [5, 5.41) is 4.06. The Morgan fingerprint density at radius 3 is 2.82 bits per heavy atom. The lowest BCUT2D eigenvalue weighted by Crippen LogP contribution is -2.31. The Balaban J connectivity index is 2.12. The number of thioether (sulfide) groups is 1. The molecule has 1 saturated heterocycles. The molecule has 1 aromatic rings. The Hall–Kier alpha value is 0.0400. The van der Waals surface area contributed by atoms with Crippen LogP contribution >= 0.6 is 35.0 Å². The average Bonchev–Trinajstić information content (AvgIpc) is 2.76. The number of rotatable bonds is 3. The van der Waals surface area contributed by atoms with E-state index in [4.69, 9.17) is 23.2 Å². The van der Waals surface area contributed by atoms with Gasteiger partial charge in [-0.25, -0.2) is 4.39 Å². The summed E-state index contributed by atoms with van der Waals surface area (Å²) < 4.78 is 13.4. The molecule has 1 aromatic carbocycles. The van der Waals surface area contributed by atoms with Crippen LogP contribution in [0.5, 0.6) is 0 Å². The first kappa shape index (κ1) is 13.5. The molecule has 17 heavy (non-hydrogen) atoms. The number of halogens is 3. The van der Waals surface area contributed by atoms with Crippen LogP contribution in [0.1, 0.15) is 24.9 Å². The van der Waals surface area contributed by atoms with Gasteiger partial charge in [0, 0.05) is 22.9 Å². The summed E-state index contributed by atoms with van der Waals surface area (Å²) in [6.45, 7) is 2.00. The highest BCUT2D eigenvalue weighted by Crippen LogP contribution is 2.29. The van der Waals surface area contributed by atoms with Crippen LogP contribution in [0.4, 0.5) is 4.39 Å². The molecule has 1 N–H and O–H groups in total. The zero-order chi connectivity index (χ0) is 12.4. The highest BCUT2D eigenvalue weighted by molar-refractivity contribution is 7.99. The van der Waals surface area contributed by atoms with Gasteiger partial charge >= 0.3 is 0 Å². The molecule has 0 amide bonds. The summed E-state index contributed by atoms with van der Waals surface area (Å²) in [5.74, 6) is 1.88. The van der Waals surface area contributed by atoms with Crippen molar-refractivity contribution in [3.8, 4) is 0 Å². The van der Waals surface area contributed by atoms with Gasteiger partial charge in [0.2, 0.25) is 0 Å². The van der Waals surface area contributed by atoms with Crippen LogP contribution in [0, 0.1) is 5.82 Å². The van der Waals surface area contributed by atoms with Gasteiger partial charge in [0.15, 0.2) is 0 Å². The number of hydrogen-bond donors (Lipinski definition) is 1. The summed E-state index contributed by atoms with van der Waals surface area (Å²) >= 11 is 13.7. The topological polar surface area (TPSA) is 12.0 Å². The second kappa shape index (κ2) is 5.79. The largest absolute Gasteiger partial charge is 0.307 e. The second-order valence-electron chi connectivity index (χ2n) is 4.24. The highest BCUT2D eigenvalue weighted by Gasteiger charge is 2.20. The maximum absolute atomic E-state index is 13.4. The molecule has 2 unspecified atom stereocenters. The molecular weight excluding hydrogens is 280 g/mol. The molecule has 0 aliphatic carbocycles. The fraction of sp³-hybridized carbons (Fsp3) is 0.500. The van der Waals surface area contributed by atoms with Crippen molar-refractivity contribution in [2.75, 3.05) is 11.5 Å². The molecule has 0 aromatic heterocycles. The Morgan fingerprint density at radius 1 is 1.41 bits per heavy atom. The molecule has 1 heterocycles. The molecule has 0 spiro atoms. The predicted molar refractivity (Wildman–Crippen MR) is 73.7 cm³/mol. The van der Waals surface area contributed by atoms with Crippen molar-refractivity contribution in [2.45, 2.75) is 25.4 Å².